The Labute approximate surface area is 110 Å². The van der Waals surface area contributed by atoms with Crippen molar-refractivity contribution in [1.82, 2.24) is 9.34 Å². The summed E-state index contributed by atoms with van der Waals surface area (Å²) in [7, 11) is -2.80. The summed E-state index contributed by atoms with van der Waals surface area (Å²) in [5.74, 6) is 0. The molecular formula is C11H14N3O4P. The molecule has 0 atom stereocenters. The van der Waals surface area contributed by atoms with Gasteiger partial charge in [-0.1, -0.05) is 0 Å². The lowest BCUT2D eigenvalue weighted by molar-refractivity contribution is -0.384. The lowest BCUT2D eigenvalue weighted by Crippen LogP contribution is -2.07. The maximum Gasteiger partial charge on any atom is 0.346 e. The van der Waals surface area contributed by atoms with Crippen molar-refractivity contribution >= 4 is 13.4 Å². The van der Waals surface area contributed by atoms with Crippen LogP contribution in [0.5, 0.6) is 0 Å². The van der Waals surface area contributed by atoms with Crippen LogP contribution in [-0.4, -0.2) is 40.4 Å². The smallest absolute Gasteiger partial charge is 0.301 e. The standard InChI is InChI=1S/C11H14N3O4P/c15-14(16)11-3-1-10(2-4-11)9-18-19(17,12-5-6-12)13-7-8-13/h1-4H,5-9H2. The highest BCUT2D eigenvalue weighted by molar-refractivity contribution is 7.54. The molecule has 2 heterocycles. The highest BCUT2D eigenvalue weighted by atomic mass is 31.2. The maximum atomic E-state index is 12.6. The number of nitro groups is 1. The Morgan fingerprint density at radius 1 is 1.16 bits per heavy atom. The first-order valence-corrected chi connectivity index (χ1v) is 7.61. The zero-order valence-electron chi connectivity index (χ0n) is 10.3. The minimum Gasteiger partial charge on any atom is -0.301 e. The molecule has 0 bridgehead atoms. The first-order chi connectivity index (χ1) is 9.09. The maximum absolute atomic E-state index is 12.6. The van der Waals surface area contributed by atoms with Gasteiger partial charge in [0.1, 0.15) is 0 Å². The summed E-state index contributed by atoms with van der Waals surface area (Å²) in [5, 5.41) is 10.5. The second kappa shape index (κ2) is 4.68. The molecule has 0 aliphatic carbocycles. The Morgan fingerprint density at radius 3 is 2.11 bits per heavy atom. The largest absolute Gasteiger partial charge is 0.346 e. The van der Waals surface area contributed by atoms with Gasteiger partial charge >= 0.3 is 7.67 Å². The molecular weight excluding hydrogens is 269 g/mol. The Hall–Kier alpha value is -1.27. The van der Waals surface area contributed by atoms with Crippen LogP contribution < -0.4 is 0 Å². The summed E-state index contributed by atoms with van der Waals surface area (Å²) in [6, 6.07) is 6.12. The zero-order chi connectivity index (χ0) is 13.5. The van der Waals surface area contributed by atoms with Gasteiger partial charge in [0.25, 0.3) is 5.69 Å². The van der Waals surface area contributed by atoms with E-state index in [0.717, 1.165) is 31.7 Å². The average Bonchev–Trinajstić information content (AvgIpc) is 3.29. The van der Waals surface area contributed by atoms with Gasteiger partial charge < -0.3 is 4.52 Å². The molecule has 8 heteroatoms. The van der Waals surface area contributed by atoms with Crippen molar-refractivity contribution in [2.24, 2.45) is 0 Å². The van der Waals surface area contributed by atoms with E-state index < -0.39 is 12.6 Å². The highest BCUT2D eigenvalue weighted by Gasteiger charge is 2.49. The van der Waals surface area contributed by atoms with Gasteiger partial charge in [0.2, 0.25) is 0 Å². The van der Waals surface area contributed by atoms with E-state index in [1.54, 1.807) is 12.1 Å². The fourth-order valence-corrected chi connectivity index (χ4v) is 4.00. The first kappa shape index (κ1) is 12.7. The molecule has 0 N–H and O–H groups in total. The van der Waals surface area contributed by atoms with Gasteiger partial charge in [-0.25, -0.2) is 9.34 Å². The van der Waals surface area contributed by atoms with Gasteiger partial charge in [-0.15, -0.1) is 0 Å². The van der Waals surface area contributed by atoms with Crippen molar-refractivity contribution in [2.45, 2.75) is 6.61 Å². The molecule has 1 aromatic rings. The molecule has 7 nitrogen and oxygen atoms in total. The predicted molar refractivity (Wildman–Crippen MR) is 68.6 cm³/mol. The van der Waals surface area contributed by atoms with E-state index in [4.69, 9.17) is 4.52 Å². The van der Waals surface area contributed by atoms with E-state index >= 15 is 0 Å². The van der Waals surface area contributed by atoms with Crippen LogP contribution in [0, 0.1) is 10.1 Å². The molecule has 2 fully saturated rings. The van der Waals surface area contributed by atoms with Crippen molar-refractivity contribution in [2.75, 3.05) is 26.2 Å². The van der Waals surface area contributed by atoms with Gasteiger partial charge in [0, 0.05) is 38.3 Å². The molecule has 1 aromatic carbocycles. The summed E-state index contributed by atoms with van der Waals surface area (Å²) < 4.78 is 21.9. The van der Waals surface area contributed by atoms with E-state index in [9.17, 15) is 14.7 Å². The van der Waals surface area contributed by atoms with Crippen LogP contribution in [0.3, 0.4) is 0 Å². The van der Waals surface area contributed by atoms with Crippen LogP contribution >= 0.6 is 7.67 Å². The highest BCUT2D eigenvalue weighted by Crippen LogP contribution is 2.61. The van der Waals surface area contributed by atoms with Crippen molar-refractivity contribution < 1.29 is 14.0 Å². The van der Waals surface area contributed by atoms with Crippen LogP contribution in [0.15, 0.2) is 24.3 Å². The van der Waals surface area contributed by atoms with E-state index in [0.29, 0.717) is 0 Å². The SMILES string of the molecule is O=[N+]([O-])c1ccc(COP(=O)(N2CC2)N2CC2)cc1. The van der Waals surface area contributed by atoms with Gasteiger partial charge in [-0.3, -0.25) is 14.7 Å². The van der Waals surface area contributed by atoms with Gasteiger partial charge in [0.05, 0.1) is 11.5 Å². The van der Waals surface area contributed by atoms with Crippen LogP contribution in [0.1, 0.15) is 5.56 Å². The minimum atomic E-state index is -2.80. The first-order valence-electron chi connectivity index (χ1n) is 6.08. The third kappa shape index (κ3) is 2.69. The molecule has 2 aliphatic heterocycles. The Bertz CT molecular complexity index is 523. The van der Waals surface area contributed by atoms with Crippen molar-refractivity contribution in [3.8, 4) is 0 Å². The quantitative estimate of drug-likeness (QED) is 0.343. The molecule has 2 saturated heterocycles. The summed E-state index contributed by atoms with van der Waals surface area (Å²) in [5.41, 5.74) is 0.832. The van der Waals surface area contributed by atoms with E-state index in [2.05, 4.69) is 0 Å². The van der Waals surface area contributed by atoms with E-state index in [1.807, 2.05) is 9.34 Å². The van der Waals surface area contributed by atoms with Crippen molar-refractivity contribution in [3.05, 3.63) is 39.9 Å². The van der Waals surface area contributed by atoms with Gasteiger partial charge in [-0.2, -0.15) is 0 Å². The second-order valence-electron chi connectivity index (χ2n) is 4.59. The number of hydrogen-bond donors (Lipinski definition) is 0. The number of benzene rings is 1. The van der Waals surface area contributed by atoms with Crippen molar-refractivity contribution in [3.63, 3.8) is 0 Å². The molecule has 0 spiro atoms. The van der Waals surface area contributed by atoms with Crippen molar-refractivity contribution in [1.29, 1.82) is 0 Å². The summed E-state index contributed by atoms with van der Waals surface area (Å²) in [4.78, 5) is 10.1. The summed E-state index contributed by atoms with van der Waals surface area (Å²) in [6.45, 7) is 3.46. The zero-order valence-corrected chi connectivity index (χ0v) is 11.2. The summed E-state index contributed by atoms with van der Waals surface area (Å²) >= 11 is 0. The topological polar surface area (TPSA) is 75.5 Å². The third-order valence-electron chi connectivity index (χ3n) is 3.11. The number of nitrogens with zero attached hydrogens (tertiary/aromatic N) is 3. The second-order valence-corrected chi connectivity index (χ2v) is 6.97. The lowest BCUT2D eigenvalue weighted by Gasteiger charge is -2.19. The normalized spacial score (nSPS) is 19.4. The molecule has 0 amide bonds. The monoisotopic (exact) mass is 283 g/mol. The minimum absolute atomic E-state index is 0.0452. The third-order valence-corrected chi connectivity index (χ3v) is 5.80. The van der Waals surface area contributed by atoms with Gasteiger partial charge in [-0.05, 0) is 17.7 Å². The number of rotatable bonds is 6. The van der Waals surface area contributed by atoms with E-state index in [1.165, 1.54) is 12.1 Å². The van der Waals surface area contributed by atoms with E-state index in [-0.39, 0.29) is 12.3 Å². The number of non-ortho nitro benzene ring substituents is 1. The Balaban J connectivity index is 1.65. The molecule has 2 aliphatic rings. The fourth-order valence-electron chi connectivity index (χ4n) is 1.81. The molecule has 0 aromatic heterocycles. The van der Waals surface area contributed by atoms with Crippen LogP contribution in [0.2, 0.25) is 0 Å². The molecule has 0 saturated carbocycles. The van der Waals surface area contributed by atoms with Crippen LogP contribution in [0.25, 0.3) is 0 Å². The van der Waals surface area contributed by atoms with Crippen LogP contribution in [0.4, 0.5) is 5.69 Å². The molecule has 0 radical (unpaired) electrons. The van der Waals surface area contributed by atoms with Crippen LogP contribution in [-0.2, 0) is 15.7 Å². The molecule has 0 unspecified atom stereocenters. The Morgan fingerprint density at radius 2 is 1.68 bits per heavy atom. The Kier molecular flexibility index (Phi) is 3.14. The fraction of sp³-hybridized carbons (Fsp3) is 0.455. The molecule has 19 heavy (non-hydrogen) atoms. The molecule has 3 rings (SSSR count). The molecule has 102 valence electrons. The average molecular weight is 283 g/mol. The number of nitro benzene ring substituents is 1. The number of hydrogen-bond acceptors (Lipinski definition) is 4. The van der Waals surface area contributed by atoms with Gasteiger partial charge in [0.15, 0.2) is 0 Å². The predicted octanol–water partition coefficient (Wildman–Crippen LogP) is 1.85. The lowest BCUT2D eigenvalue weighted by atomic mass is 10.2. The summed E-state index contributed by atoms with van der Waals surface area (Å²) in [6.07, 6.45) is 0.